The first-order valence-corrected chi connectivity index (χ1v) is 6.71. The van der Waals surface area contributed by atoms with Gasteiger partial charge in [-0.2, -0.15) is 0 Å². The van der Waals surface area contributed by atoms with E-state index in [1.54, 1.807) is 17.7 Å². The summed E-state index contributed by atoms with van der Waals surface area (Å²) in [6.07, 6.45) is 13.1. The van der Waals surface area contributed by atoms with Gasteiger partial charge in [-0.15, -0.1) is 17.8 Å². The van der Waals surface area contributed by atoms with Crippen LogP contribution in [0.3, 0.4) is 0 Å². The molecule has 0 bridgehead atoms. The van der Waals surface area contributed by atoms with Crippen molar-refractivity contribution in [2.45, 2.75) is 37.7 Å². The smallest absolute Gasteiger partial charge is 0.156 e. The maximum absolute atomic E-state index is 10.00. The second kappa shape index (κ2) is 4.17. The highest BCUT2D eigenvalue weighted by Gasteiger charge is 2.26. The molecule has 2 aromatic heterocycles. The molecule has 0 aromatic carbocycles. The number of imidazole rings is 1. The zero-order valence-electron chi connectivity index (χ0n) is 9.47. The Balaban J connectivity index is 2.15. The van der Waals surface area contributed by atoms with Crippen LogP contribution in [0.25, 0.3) is 4.83 Å². The summed E-state index contributed by atoms with van der Waals surface area (Å²) in [6.45, 7) is 0. The molecule has 1 atom stereocenters. The van der Waals surface area contributed by atoms with E-state index in [9.17, 15) is 5.11 Å². The molecule has 0 amide bonds. The molecule has 1 unspecified atom stereocenters. The van der Waals surface area contributed by atoms with Crippen molar-refractivity contribution in [2.24, 2.45) is 0 Å². The van der Waals surface area contributed by atoms with E-state index in [0.29, 0.717) is 5.92 Å². The largest absolute Gasteiger partial charge is 0.374 e. The predicted octanol–water partition coefficient (Wildman–Crippen LogP) is 2.72. The number of thiazole rings is 1. The van der Waals surface area contributed by atoms with E-state index in [0.717, 1.165) is 10.5 Å². The number of fused-ring (bicyclic) bond motifs is 1. The lowest BCUT2D eigenvalue weighted by atomic mass is 10.0. The van der Waals surface area contributed by atoms with Crippen molar-refractivity contribution >= 4 is 16.2 Å². The van der Waals surface area contributed by atoms with Crippen molar-refractivity contribution in [1.82, 2.24) is 9.38 Å². The van der Waals surface area contributed by atoms with Gasteiger partial charge in [0.1, 0.15) is 11.2 Å². The Kier molecular flexibility index (Phi) is 2.65. The summed E-state index contributed by atoms with van der Waals surface area (Å²) in [4.78, 5) is 6.42. The molecule has 2 heterocycles. The number of aliphatic hydroxyl groups is 1. The van der Waals surface area contributed by atoms with Gasteiger partial charge in [0.05, 0.1) is 11.9 Å². The zero-order valence-corrected chi connectivity index (χ0v) is 10.3. The molecule has 0 saturated heterocycles. The normalized spacial score (nSPS) is 18.6. The van der Waals surface area contributed by atoms with Crippen molar-refractivity contribution in [3.05, 3.63) is 23.1 Å². The lowest BCUT2D eigenvalue weighted by Gasteiger charge is -2.11. The molecule has 1 aliphatic rings. The molecule has 0 radical (unpaired) electrons. The van der Waals surface area contributed by atoms with E-state index in [2.05, 4.69) is 10.9 Å². The van der Waals surface area contributed by atoms with Crippen LogP contribution in [-0.2, 0) is 0 Å². The van der Waals surface area contributed by atoms with Gasteiger partial charge in [-0.25, -0.2) is 4.98 Å². The fourth-order valence-electron chi connectivity index (χ4n) is 2.65. The minimum absolute atomic E-state index is 0.567. The van der Waals surface area contributed by atoms with Crippen LogP contribution in [0.4, 0.5) is 0 Å². The molecule has 0 spiro atoms. The van der Waals surface area contributed by atoms with Gasteiger partial charge in [-0.3, -0.25) is 4.40 Å². The van der Waals surface area contributed by atoms with E-state index in [-0.39, 0.29) is 0 Å². The lowest BCUT2D eigenvalue weighted by molar-refractivity contribution is 0.231. The van der Waals surface area contributed by atoms with E-state index >= 15 is 0 Å². The topological polar surface area (TPSA) is 37.5 Å². The summed E-state index contributed by atoms with van der Waals surface area (Å²) in [5.74, 6) is 2.99. The summed E-state index contributed by atoms with van der Waals surface area (Å²) in [5.41, 5.74) is 0.858. The van der Waals surface area contributed by atoms with Crippen LogP contribution in [0.1, 0.15) is 48.3 Å². The summed E-state index contributed by atoms with van der Waals surface area (Å²) < 4.78 is 1.93. The number of hydrogen-bond donors (Lipinski definition) is 1. The predicted molar refractivity (Wildman–Crippen MR) is 68.1 cm³/mol. The van der Waals surface area contributed by atoms with Gasteiger partial charge in [0.25, 0.3) is 0 Å². The molecule has 0 aliphatic heterocycles. The third-order valence-corrected chi connectivity index (χ3v) is 4.75. The fourth-order valence-corrected chi connectivity index (χ4v) is 3.95. The molecule has 17 heavy (non-hydrogen) atoms. The molecule has 1 saturated carbocycles. The number of nitrogens with zero attached hydrogens (tertiary/aromatic N) is 2. The van der Waals surface area contributed by atoms with Gasteiger partial charge in [0, 0.05) is 4.88 Å². The van der Waals surface area contributed by atoms with Gasteiger partial charge >= 0.3 is 0 Å². The second-order valence-corrected chi connectivity index (χ2v) is 5.57. The van der Waals surface area contributed by atoms with Gasteiger partial charge < -0.3 is 5.11 Å². The number of terminal acetylenes is 1. The van der Waals surface area contributed by atoms with E-state index in [4.69, 9.17) is 6.42 Å². The van der Waals surface area contributed by atoms with Crippen LogP contribution in [0, 0.1) is 12.3 Å². The third kappa shape index (κ3) is 1.67. The van der Waals surface area contributed by atoms with Crippen LogP contribution in [-0.4, -0.2) is 14.5 Å². The highest BCUT2D eigenvalue weighted by atomic mass is 32.1. The van der Waals surface area contributed by atoms with Crippen molar-refractivity contribution in [3.8, 4) is 12.3 Å². The lowest BCUT2D eigenvalue weighted by Crippen LogP contribution is -2.04. The minimum Gasteiger partial charge on any atom is -0.374 e. The van der Waals surface area contributed by atoms with Crippen LogP contribution >= 0.6 is 11.3 Å². The van der Waals surface area contributed by atoms with Gasteiger partial charge in [0.15, 0.2) is 6.10 Å². The van der Waals surface area contributed by atoms with Gasteiger partial charge in [-0.1, -0.05) is 18.8 Å². The Morgan fingerprint density at radius 1 is 1.53 bits per heavy atom. The maximum atomic E-state index is 10.00. The molecule has 3 rings (SSSR count). The van der Waals surface area contributed by atoms with E-state index in [1.165, 1.54) is 30.6 Å². The molecule has 3 nitrogen and oxygen atoms in total. The van der Waals surface area contributed by atoms with Crippen LogP contribution in [0.5, 0.6) is 0 Å². The number of aromatic nitrogens is 2. The summed E-state index contributed by atoms with van der Waals surface area (Å²) >= 11 is 1.72. The Bertz CT molecular complexity index is 572. The third-order valence-electron chi connectivity index (χ3n) is 3.47. The first-order valence-electron chi connectivity index (χ1n) is 5.90. The highest BCUT2D eigenvalue weighted by molar-refractivity contribution is 7.17. The number of aliphatic hydroxyl groups excluding tert-OH is 1. The summed E-state index contributed by atoms with van der Waals surface area (Å²) in [5, 5.41) is 10.00. The van der Waals surface area contributed by atoms with Crippen LogP contribution in [0.15, 0.2) is 12.5 Å². The van der Waals surface area contributed by atoms with E-state index < -0.39 is 6.10 Å². The Morgan fingerprint density at radius 2 is 2.29 bits per heavy atom. The van der Waals surface area contributed by atoms with Crippen molar-refractivity contribution in [2.75, 3.05) is 0 Å². The average molecular weight is 246 g/mol. The van der Waals surface area contributed by atoms with Gasteiger partial charge in [0.2, 0.25) is 0 Å². The van der Waals surface area contributed by atoms with Crippen molar-refractivity contribution in [3.63, 3.8) is 0 Å². The summed E-state index contributed by atoms with van der Waals surface area (Å²) in [6, 6.07) is 0. The molecular weight excluding hydrogens is 232 g/mol. The van der Waals surface area contributed by atoms with Crippen LogP contribution in [0.2, 0.25) is 0 Å². The first-order chi connectivity index (χ1) is 8.31. The van der Waals surface area contributed by atoms with Crippen LogP contribution < -0.4 is 0 Å². The molecule has 2 aromatic rings. The van der Waals surface area contributed by atoms with E-state index in [1.807, 2.05) is 10.6 Å². The SMILES string of the molecule is C#CC(O)c1c(C2CCCC2)sc2cncn12. The fraction of sp³-hybridized carbons (Fsp3) is 0.462. The number of hydrogen-bond acceptors (Lipinski definition) is 3. The molecular formula is C13H14N2OS. The highest BCUT2D eigenvalue weighted by Crippen LogP contribution is 2.41. The second-order valence-electron chi connectivity index (χ2n) is 4.50. The zero-order chi connectivity index (χ0) is 11.8. The Labute approximate surface area is 104 Å². The summed E-state index contributed by atoms with van der Waals surface area (Å²) in [7, 11) is 0. The number of rotatable bonds is 2. The molecule has 1 N–H and O–H groups in total. The average Bonchev–Trinajstić information content (AvgIpc) is 3.02. The Hall–Kier alpha value is -1.31. The quantitative estimate of drug-likeness (QED) is 0.827. The maximum Gasteiger partial charge on any atom is 0.156 e. The van der Waals surface area contributed by atoms with Gasteiger partial charge in [-0.05, 0) is 18.8 Å². The monoisotopic (exact) mass is 246 g/mol. The standard InChI is InChI=1S/C13H14N2OS/c1-2-10(16)12-13(9-5-3-4-6-9)17-11-7-14-8-15(11)12/h1,7-10,16H,3-6H2. The molecule has 1 aliphatic carbocycles. The first kappa shape index (κ1) is 10.8. The van der Waals surface area contributed by atoms with Crippen molar-refractivity contribution in [1.29, 1.82) is 0 Å². The van der Waals surface area contributed by atoms with Crippen molar-refractivity contribution < 1.29 is 5.11 Å². The Morgan fingerprint density at radius 3 is 3.00 bits per heavy atom. The molecule has 1 fully saturated rings. The minimum atomic E-state index is -0.825. The molecule has 88 valence electrons. The molecule has 4 heteroatoms.